The van der Waals surface area contributed by atoms with E-state index in [1.165, 1.54) is 31.2 Å². The lowest BCUT2D eigenvalue weighted by atomic mass is 10.1. The van der Waals surface area contributed by atoms with Crippen LogP contribution >= 0.6 is 0 Å². The second-order valence-electron chi connectivity index (χ2n) is 5.93. The molecule has 0 radical (unpaired) electrons. The number of nitrogens with one attached hydrogen (secondary N) is 2. The van der Waals surface area contributed by atoms with Crippen LogP contribution in [0, 0.1) is 0 Å². The number of nitrogens with two attached hydrogens (primary N) is 1. The lowest BCUT2D eigenvalue weighted by molar-refractivity contribution is -0.123. The van der Waals surface area contributed by atoms with Gasteiger partial charge in [0.2, 0.25) is 5.91 Å². The second-order valence-corrected chi connectivity index (χ2v) is 5.93. The van der Waals surface area contributed by atoms with Gasteiger partial charge >= 0.3 is 5.97 Å². The van der Waals surface area contributed by atoms with Crippen LogP contribution in [0.5, 0.6) is 0 Å². The molecule has 2 amide bonds. The SMILES string of the molecule is C[C@H](OC(=O)c1n[nH]c(=O)c2ccccc12)C(=O)Nc1ccc(C(N)=O)cc1. The molecule has 0 spiro atoms. The monoisotopic (exact) mass is 380 g/mol. The number of H-pyrrole nitrogens is 1. The Labute approximate surface area is 158 Å². The fourth-order valence-corrected chi connectivity index (χ4v) is 2.50. The Balaban J connectivity index is 1.72. The summed E-state index contributed by atoms with van der Waals surface area (Å²) in [5, 5.41) is 9.15. The van der Waals surface area contributed by atoms with Gasteiger partial charge in [-0.05, 0) is 37.3 Å². The molecule has 9 nitrogen and oxygen atoms in total. The molecule has 0 fully saturated rings. The van der Waals surface area contributed by atoms with Crippen molar-refractivity contribution in [3.63, 3.8) is 0 Å². The number of benzene rings is 2. The summed E-state index contributed by atoms with van der Waals surface area (Å²) in [7, 11) is 0. The topological polar surface area (TPSA) is 144 Å². The summed E-state index contributed by atoms with van der Waals surface area (Å²) >= 11 is 0. The fraction of sp³-hybridized carbons (Fsp3) is 0.105. The minimum Gasteiger partial charge on any atom is -0.448 e. The maximum Gasteiger partial charge on any atom is 0.360 e. The third-order valence-electron chi connectivity index (χ3n) is 3.98. The van der Waals surface area contributed by atoms with E-state index in [1.807, 2.05) is 0 Å². The molecule has 0 unspecified atom stereocenters. The summed E-state index contributed by atoms with van der Waals surface area (Å²) in [6, 6.07) is 12.4. The Kier molecular flexibility index (Phi) is 5.16. The van der Waals surface area contributed by atoms with Crippen LogP contribution in [-0.2, 0) is 9.53 Å². The number of esters is 1. The van der Waals surface area contributed by atoms with Gasteiger partial charge in [0.05, 0.1) is 5.39 Å². The average Bonchev–Trinajstić information content (AvgIpc) is 2.68. The number of amides is 2. The third kappa shape index (κ3) is 3.88. The first kappa shape index (κ1) is 18.8. The first-order valence-corrected chi connectivity index (χ1v) is 8.26. The summed E-state index contributed by atoms with van der Waals surface area (Å²) in [5.74, 6) is -2.01. The van der Waals surface area contributed by atoms with E-state index in [0.29, 0.717) is 16.6 Å². The number of primary amides is 1. The van der Waals surface area contributed by atoms with E-state index in [0.717, 1.165) is 0 Å². The van der Waals surface area contributed by atoms with Gasteiger partial charge < -0.3 is 15.8 Å². The lowest BCUT2D eigenvalue weighted by Crippen LogP contribution is -2.30. The van der Waals surface area contributed by atoms with E-state index in [4.69, 9.17) is 10.5 Å². The third-order valence-corrected chi connectivity index (χ3v) is 3.98. The van der Waals surface area contributed by atoms with Crippen LogP contribution in [0.2, 0.25) is 0 Å². The molecule has 3 rings (SSSR count). The Morgan fingerprint density at radius 3 is 2.36 bits per heavy atom. The van der Waals surface area contributed by atoms with Gasteiger partial charge in [0.25, 0.3) is 11.5 Å². The van der Waals surface area contributed by atoms with E-state index in [-0.39, 0.29) is 11.1 Å². The van der Waals surface area contributed by atoms with Crippen LogP contribution in [0.25, 0.3) is 10.8 Å². The van der Waals surface area contributed by atoms with Crippen LogP contribution in [0.3, 0.4) is 0 Å². The van der Waals surface area contributed by atoms with Crippen molar-refractivity contribution in [1.29, 1.82) is 0 Å². The Morgan fingerprint density at radius 2 is 1.71 bits per heavy atom. The molecular formula is C19H16N4O5. The van der Waals surface area contributed by atoms with E-state index in [2.05, 4.69) is 15.5 Å². The summed E-state index contributed by atoms with van der Waals surface area (Å²) in [6.07, 6.45) is -1.13. The first-order chi connectivity index (χ1) is 13.4. The van der Waals surface area contributed by atoms with E-state index < -0.39 is 29.4 Å². The molecule has 4 N–H and O–H groups in total. The minimum absolute atomic E-state index is 0.0966. The molecule has 0 aliphatic carbocycles. The lowest BCUT2D eigenvalue weighted by Gasteiger charge is -2.14. The maximum atomic E-state index is 12.4. The number of hydrogen-bond acceptors (Lipinski definition) is 6. The molecule has 0 saturated carbocycles. The highest BCUT2D eigenvalue weighted by molar-refractivity contribution is 6.03. The number of rotatable bonds is 5. The van der Waals surface area contributed by atoms with Crippen LogP contribution in [0.4, 0.5) is 5.69 Å². The molecule has 3 aromatic rings. The highest BCUT2D eigenvalue weighted by atomic mass is 16.5. The smallest absolute Gasteiger partial charge is 0.360 e. The predicted octanol–water partition coefficient (Wildman–Crippen LogP) is 1.21. The molecule has 9 heteroatoms. The Bertz CT molecular complexity index is 1120. The fourth-order valence-electron chi connectivity index (χ4n) is 2.50. The number of carbonyl (C=O) groups excluding carboxylic acids is 3. The molecule has 1 atom stereocenters. The number of ether oxygens (including phenoxy) is 1. The second kappa shape index (κ2) is 7.70. The average molecular weight is 380 g/mol. The van der Waals surface area contributed by atoms with Crippen molar-refractivity contribution in [2.45, 2.75) is 13.0 Å². The number of aromatic nitrogens is 2. The van der Waals surface area contributed by atoms with E-state index in [9.17, 15) is 19.2 Å². The first-order valence-electron chi connectivity index (χ1n) is 8.26. The molecule has 0 saturated heterocycles. The van der Waals surface area contributed by atoms with Crippen molar-refractivity contribution >= 4 is 34.2 Å². The molecule has 28 heavy (non-hydrogen) atoms. The molecule has 0 bridgehead atoms. The molecule has 0 aliphatic rings. The predicted molar refractivity (Wildman–Crippen MR) is 101 cm³/mol. The summed E-state index contributed by atoms with van der Waals surface area (Å²) < 4.78 is 5.17. The minimum atomic E-state index is -1.13. The Hall–Kier alpha value is -4.01. The highest BCUT2D eigenvalue weighted by Crippen LogP contribution is 2.15. The molecular weight excluding hydrogens is 364 g/mol. The summed E-state index contributed by atoms with van der Waals surface area (Å²) in [5.41, 5.74) is 5.34. The molecule has 2 aromatic carbocycles. The van der Waals surface area contributed by atoms with Gasteiger partial charge in [0, 0.05) is 16.6 Å². The standard InChI is InChI=1S/C19H16N4O5/c1-10(17(25)21-12-8-6-11(7-9-12)16(20)24)28-19(27)15-13-4-2-3-5-14(13)18(26)23-22-15/h2-10H,1H3,(H2,20,24)(H,21,25)(H,23,26)/t10-/m0/s1. The van der Waals surface area contributed by atoms with Crippen molar-refractivity contribution in [3.8, 4) is 0 Å². The number of aromatic amines is 1. The van der Waals surface area contributed by atoms with Gasteiger partial charge in [-0.2, -0.15) is 5.10 Å². The molecule has 0 aliphatic heterocycles. The van der Waals surface area contributed by atoms with Gasteiger partial charge in [0.15, 0.2) is 11.8 Å². The highest BCUT2D eigenvalue weighted by Gasteiger charge is 2.22. The zero-order valence-corrected chi connectivity index (χ0v) is 14.8. The van der Waals surface area contributed by atoms with Crippen LogP contribution in [0.1, 0.15) is 27.8 Å². The van der Waals surface area contributed by atoms with Crippen molar-refractivity contribution < 1.29 is 19.1 Å². The van der Waals surface area contributed by atoms with Crippen molar-refractivity contribution in [2.75, 3.05) is 5.32 Å². The quantitative estimate of drug-likeness (QED) is 0.567. The Morgan fingerprint density at radius 1 is 1.07 bits per heavy atom. The van der Waals surface area contributed by atoms with Gasteiger partial charge in [-0.1, -0.05) is 18.2 Å². The van der Waals surface area contributed by atoms with Gasteiger partial charge in [-0.25, -0.2) is 9.89 Å². The van der Waals surface area contributed by atoms with Crippen LogP contribution in [0.15, 0.2) is 53.3 Å². The van der Waals surface area contributed by atoms with Crippen molar-refractivity contribution in [1.82, 2.24) is 10.2 Å². The van der Waals surface area contributed by atoms with E-state index in [1.54, 1.807) is 24.3 Å². The zero-order valence-electron chi connectivity index (χ0n) is 14.8. The largest absolute Gasteiger partial charge is 0.448 e. The maximum absolute atomic E-state index is 12.4. The molecule has 1 heterocycles. The number of carbonyl (C=O) groups is 3. The van der Waals surface area contributed by atoms with Crippen molar-refractivity contribution in [3.05, 3.63) is 70.1 Å². The number of fused-ring (bicyclic) bond motifs is 1. The summed E-state index contributed by atoms with van der Waals surface area (Å²) in [4.78, 5) is 47.5. The van der Waals surface area contributed by atoms with Gasteiger partial charge in [0.1, 0.15) is 0 Å². The molecule has 142 valence electrons. The summed E-state index contributed by atoms with van der Waals surface area (Å²) in [6.45, 7) is 1.40. The number of hydrogen-bond donors (Lipinski definition) is 3. The molecule has 1 aromatic heterocycles. The van der Waals surface area contributed by atoms with E-state index >= 15 is 0 Å². The van der Waals surface area contributed by atoms with Crippen molar-refractivity contribution in [2.24, 2.45) is 5.73 Å². The van der Waals surface area contributed by atoms with Gasteiger partial charge in [-0.3, -0.25) is 14.4 Å². The van der Waals surface area contributed by atoms with Crippen LogP contribution in [-0.4, -0.2) is 34.1 Å². The normalized spacial score (nSPS) is 11.6. The number of anilines is 1. The number of nitrogens with zero attached hydrogens (tertiary/aromatic N) is 1. The van der Waals surface area contributed by atoms with Crippen LogP contribution < -0.4 is 16.6 Å². The van der Waals surface area contributed by atoms with Gasteiger partial charge in [-0.15, -0.1) is 0 Å². The zero-order chi connectivity index (χ0) is 20.3.